The highest BCUT2D eigenvalue weighted by atomic mass is 79.9. The van der Waals surface area contributed by atoms with Gasteiger partial charge in [-0.2, -0.15) is 5.10 Å². The molecule has 0 saturated carbocycles. The van der Waals surface area contributed by atoms with Gasteiger partial charge in [0.15, 0.2) is 0 Å². The lowest BCUT2D eigenvalue weighted by atomic mass is 10.2. The number of carbonyl (C=O) groups excluding carboxylic acids is 3. The van der Waals surface area contributed by atoms with Gasteiger partial charge in [0.2, 0.25) is 0 Å². The molecule has 4 aromatic carbocycles. The molecule has 8 nitrogen and oxygen atoms in total. The summed E-state index contributed by atoms with van der Waals surface area (Å²) < 4.78 is 12.4. The zero-order chi connectivity index (χ0) is 29.6. The number of thiophene rings is 1. The van der Waals surface area contributed by atoms with Crippen LogP contribution in [0.5, 0.6) is 11.5 Å². The first-order chi connectivity index (χ1) is 20.3. The summed E-state index contributed by atoms with van der Waals surface area (Å²) in [4.78, 5) is 38.5. The second-order valence-electron chi connectivity index (χ2n) is 8.77. The van der Waals surface area contributed by atoms with Crippen LogP contribution in [0.2, 0.25) is 5.02 Å². The van der Waals surface area contributed by atoms with Gasteiger partial charge in [0, 0.05) is 31.4 Å². The summed E-state index contributed by atoms with van der Waals surface area (Å²) in [6.07, 6.45) is 1.39. The highest BCUT2D eigenvalue weighted by molar-refractivity contribution is 9.10. The highest BCUT2D eigenvalue weighted by Crippen LogP contribution is 2.37. The van der Waals surface area contributed by atoms with E-state index in [9.17, 15) is 14.4 Å². The maximum atomic E-state index is 12.9. The van der Waals surface area contributed by atoms with E-state index in [-0.39, 0.29) is 11.7 Å². The van der Waals surface area contributed by atoms with Gasteiger partial charge < -0.3 is 14.8 Å². The van der Waals surface area contributed by atoms with Crippen LogP contribution in [0.15, 0.2) is 101 Å². The van der Waals surface area contributed by atoms with Crippen molar-refractivity contribution in [2.24, 2.45) is 5.10 Å². The summed E-state index contributed by atoms with van der Waals surface area (Å²) in [6.45, 7) is 0. The number of nitrogens with one attached hydrogen (secondary N) is 2. The van der Waals surface area contributed by atoms with E-state index in [1.54, 1.807) is 79.9 Å². The van der Waals surface area contributed by atoms with Crippen molar-refractivity contribution >= 4 is 78.6 Å². The maximum absolute atomic E-state index is 12.9. The quantitative estimate of drug-likeness (QED) is 0.0772. The van der Waals surface area contributed by atoms with Crippen LogP contribution >= 0.6 is 38.9 Å². The SMILES string of the molecule is COc1ccc(C(=O)Oc2ccccc2/C=N\NC(=O)c2ccc(NC(=O)c3sc4cc(Br)ccc4c3Cl)cc2)cc1. The number of rotatable bonds is 8. The summed E-state index contributed by atoms with van der Waals surface area (Å²) in [5, 5.41) is 8.02. The Balaban J connectivity index is 1.19. The number of carbonyl (C=O) groups is 3. The van der Waals surface area contributed by atoms with Crippen LogP contribution in [0.3, 0.4) is 0 Å². The Kier molecular flexibility index (Phi) is 8.97. The number of para-hydroxylation sites is 1. The third-order valence-electron chi connectivity index (χ3n) is 6.02. The number of benzene rings is 4. The first-order valence-electron chi connectivity index (χ1n) is 12.4. The zero-order valence-corrected chi connectivity index (χ0v) is 25.0. The van der Waals surface area contributed by atoms with Crippen LogP contribution in [0, 0.1) is 0 Å². The number of amides is 2. The molecule has 0 unspecified atom stereocenters. The van der Waals surface area contributed by atoms with E-state index >= 15 is 0 Å². The first kappa shape index (κ1) is 29.0. The molecule has 0 aliphatic carbocycles. The van der Waals surface area contributed by atoms with Gasteiger partial charge in [0.1, 0.15) is 16.4 Å². The topological polar surface area (TPSA) is 106 Å². The smallest absolute Gasteiger partial charge is 0.343 e. The molecule has 1 heterocycles. The molecule has 0 spiro atoms. The fourth-order valence-electron chi connectivity index (χ4n) is 3.87. The predicted octanol–water partition coefficient (Wildman–Crippen LogP) is 7.56. The van der Waals surface area contributed by atoms with Crippen molar-refractivity contribution in [2.45, 2.75) is 0 Å². The predicted molar refractivity (Wildman–Crippen MR) is 168 cm³/mol. The molecule has 11 heteroatoms. The molecule has 0 radical (unpaired) electrons. The number of halogens is 2. The monoisotopic (exact) mass is 661 g/mol. The van der Waals surface area contributed by atoms with Crippen molar-refractivity contribution < 1.29 is 23.9 Å². The molecule has 0 fully saturated rings. The van der Waals surface area contributed by atoms with Crippen LogP contribution in [0.25, 0.3) is 10.1 Å². The second-order valence-corrected chi connectivity index (χ2v) is 11.1. The number of methoxy groups -OCH3 is 1. The number of hydrazone groups is 1. The first-order valence-corrected chi connectivity index (χ1v) is 14.4. The Morgan fingerprint density at radius 1 is 0.905 bits per heavy atom. The van der Waals surface area contributed by atoms with E-state index in [2.05, 4.69) is 31.8 Å². The van der Waals surface area contributed by atoms with E-state index in [1.807, 2.05) is 18.2 Å². The lowest BCUT2D eigenvalue weighted by Gasteiger charge is -2.08. The number of fused-ring (bicyclic) bond motifs is 1. The molecule has 0 atom stereocenters. The van der Waals surface area contributed by atoms with E-state index < -0.39 is 11.9 Å². The molecule has 5 aromatic rings. The van der Waals surface area contributed by atoms with Gasteiger partial charge in [-0.3, -0.25) is 9.59 Å². The summed E-state index contributed by atoms with van der Waals surface area (Å²) in [6, 6.07) is 25.3. The lowest BCUT2D eigenvalue weighted by molar-refractivity contribution is 0.0733. The van der Waals surface area contributed by atoms with Gasteiger partial charge in [0.05, 0.1) is 23.9 Å². The molecule has 0 saturated heterocycles. The molecule has 42 heavy (non-hydrogen) atoms. The Labute approximate surface area is 258 Å². The van der Waals surface area contributed by atoms with E-state index in [4.69, 9.17) is 21.1 Å². The Hall–Kier alpha value is -4.51. The summed E-state index contributed by atoms with van der Waals surface area (Å²) in [7, 11) is 1.54. The molecule has 1 aromatic heterocycles. The van der Waals surface area contributed by atoms with Crippen LogP contribution < -0.4 is 20.2 Å². The lowest BCUT2D eigenvalue weighted by Crippen LogP contribution is -2.18. The summed E-state index contributed by atoms with van der Waals surface area (Å²) >= 11 is 11.2. The maximum Gasteiger partial charge on any atom is 0.343 e. The van der Waals surface area contributed by atoms with Gasteiger partial charge in [-0.05, 0) is 72.8 Å². The molecule has 2 amide bonds. The molecule has 210 valence electrons. The van der Waals surface area contributed by atoms with E-state index in [0.29, 0.717) is 38.0 Å². The molecule has 5 rings (SSSR count). The van der Waals surface area contributed by atoms with Gasteiger partial charge >= 0.3 is 5.97 Å². The summed E-state index contributed by atoms with van der Waals surface area (Å²) in [5.74, 6) is -0.444. The van der Waals surface area contributed by atoms with E-state index in [1.165, 1.54) is 17.6 Å². The second kappa shape index (κ2) is 13.0. The molecular formula is C31H21BrClN3O5S. The molecule has 2 N–H and O–H groups in total. The number of ether oxygens (including phenoxy) is 2. The van der Waals surface area contributed by atoms with Crippen molar-refractivity contribution in [3.8, 4) is 11.5 Å². The minimum atomic E-state index is -0.544. The van der Waals surface area contributed by atoms with Crippen LogP contribution in [-0.2, 0) is 0 Å². The molecular weight excluding hydrogens is 642 g/mol. The number of anilines is 1. The fourth-order valence-corrected chi connectivity index (χ4v) is 5.83. The molecule has 0 bridgehead atoms. The van der Waals surface area contributed by atoms with Crippen molar-refractivity contribution in [3.63, 3.8) is 0 Å². The minimum absolute atomic E-state index is 0.280. The Morgan fingerprint density at radius 3 is 2.36 bits per heavy atom. The van der Waals surface area contributed by atoms with Crippen LogP contribution in [-0.4, -0.2) is 31.1 Å². The fraction of sp³-hybridized carbons (Fsp3) is 0.0323. The van der Waals surface area contributed by atoms with Gasteiger partial charge in [0.25, 0.3) is 11.8 Å². The summed E-state index contributed by atoms with van der Waals surface area (Å²) in [5.41, 5.74) is 4.13. The standard InChI is InChI=1S/C31H21BrClN3O5S/c1-40-23-13-8-19(9-14-23)31(39)41-25-5-3-2-4-20(25)17-34-36-29(37)18-6-11-22(12-7-18)35-30(38)28-27(33)24-15-10-21(32)16-26(24)42-28/h2-17H,1H3,(H,35,38)(H,36,37)/b34-17-. The average Bonchev–Trinajstić information content (AvgIpc) is 3.33. The number of esters is 1. The zero-order valence-electron chi connectivity index (χ0n) is 21.9. The number of nitrogens with zero attached hydrogens (tertiary/aromatic N) is 1. The third-order valence-corrected chi connectivity index (χ3v) is 8.17. The molecule has 0 aliphatic rings. The van der Waals surface area contributed by atoms with E-state index in [0.717, 1.165) is 14.6 Å². The Morgan fingerprint density at radius 2 is 1.62 bits per heavy atom. The van der Waals surface area contributed by atoms with Crippen molar-refractivity contribution in [1.29, 1.82) is 0 Å². The van der Waals surface area contributed by atoms with Crippen molar-refractivity contribution in [1.82, 2.24) is 5.43 Å². The normalized spacial score (nSPS) is 10.9. The average molecular weight is 663 g/mol. The largest absolute Gasteiger partial charge is 0.497 e. The van der Waals surface area contributed by atoms with Crippen molar-refractivity contribution in [3.05, 3.63) is 122 Å². The van der Waals surface area contributed by atoms with Gasteiger partial charge in [-0.1, -0.05) is 45.7 Å². The van der Waals surface area contributed by atoms with Gasteiger partial charge in [-0.15, -0.1) is 11.3 Å². The third kappa shape index (κ3) is 6.68. The van der Waals surface area contributed by atoms with Crippen molar-refractivity contribution in [2.75, 3.05) is 12.4 Å². The minimum Gasteiger partial charge on any atom is -0.497 e. The van der Waals surface area contributed by atoms with Gasteiger partial charge in [-0.25, -0.2) is 10.2 Å². The number of hydrogen-bond donors (Lipinski definition) is 2. The molecule has 0 aliphatic heterocycles. The Bertz CT molecular complexity index is 1820. The van der Waals surface area contributed by atoms with Crippen LogP contribution in [0.4, 0.5) is 5.69 Å². The highest BCUT2D eigenvalue weighted by Gasteiger charge is 2.18. The van der Waals surface area contributed by atoms with Crippen LogP contribution in [0.1, 0.15) is 36.0 Å². The number of hydrogen-bond acceptors (Lipinski definition) is 7.